The number of ether oxygens (including phenoxy) is 2. The van der Waals surface area contributed by atoms with Gasteiger partial charge in [0.25, 0.3) is 0 Å². The summed E-state index contributed by atoms with van der Waals surface area (Å²) >= 11 is 0. The number of fused-ring (bicyclic) bond motifs is 1. The standard InChI is InChI=1S/C28H32N2O2/c1-28(2,3)22-13-17-24(18-14-22)32-20-8-7-19-30-26-10-6-5-9-25(26)29-27(30)21-11-15-23(31-4)16-12-21/h5-6,9-18H,7-8,19-20H2,1-4H3. The second-order valence-electron chi connectivity index (χ2n) is 9.13. The molecule has 0 unspecified atom stereocenters. The number of unbranched alkanes of at least 4 members (excludes halogenated alkanes) is 1. The molecule has 166 valence electrons. The topological polar surface area (TPSA) is 36.3 Å². The minimum atomic E-state index is 0.160. The first-order valence-electron chi connectivity index (χ1n) is 11.3. The molecule has 0 aliphatic heterocycles. The summed E-state index contributed by atoms with van der Waals surface area (Å²) in [6, 6.07) is 24.9. The van der Waals surface area contributed by atoms with Gasteiger partial charge >= 0.3 is 0 Å². The van der Waals surface area contributed by atoms with Gasteiger partial charge < -0.3 is 14.0 Å². The van der Waals surface area contributed by atoms with Gasteiger partial charge in [-0.1, -0.05) is 45.0 Å². The SMILES string of the molecule is COc1ccc(-c2nc3ccccc3n2CCCCOc2ccc(C(C)(C)C)cc2)cc1. The summed E-state index contributed by atoms with van der Waals surface area (Å²) in [6.07, 6.45) is 2.00. The van der Waals surface area contributed by atoms with E-state index in [1.165, 1.54) is 5.56 Å². The van der Waals surface area contributed by atoms with Crippen molar-refractivity contribution in [1.29, 1.82) is 0 Å². The first-order chi connectivity index (χ1) is 15.5. The lowest BCUT2D eigenvalue weighted by molar-refractivity contribution is 0.303. The summed E-state index contributed by atoms with van der Waals surface area (Å²) in [5.74, 6) is 2.78. The van der Waals surface area contributed by atoms with Crippen molar-refractivity contribution in [3.63, 3.8) is 0 Å². The van der Waals surface area contributed by atoms with Crippen LogP contribution in [0.5, 0.6) is 11.5 Å². The predicted octanol–water partition coefficient (Wildman–Crippen LogP) is 6.87. The lowest BCUT2D eigenvalue weighted by Gasteiger charge is -2.19. The molecule has 0 aliphatic rings. The van der Waals surface area contributed by atoms with Crippen molar-refractivity contribution in [1.82, 2.24) is 9.55 Å². The second-order valence-corrected chi connectivity index (χ2v) is 9.13. The van der Waals surface area contributed by atoms with Gasteiger partial charge in [-0.15, -0.1) is 0 Å². The maximum absolute atomic E-state index is 5.98. The molecular weight excluding hydrogens is 396 g/mol. The van der Waals surface area contributed by atoms with Gasteiger partial charge in [0.1, 0.15) is 17.3 Å². The molecule has 1 aromatic heterocycles. The molecule has 4 heteroatoms. The van der Waals surface area contributed by atoms with Gasteiger partial charge in [-0.25, -0.2) is 4.98 Å². The van der Waals surface area contributed by atoms with Crippen LogP contribution in [0.4, 0.5) is 0 Å². The number of imidazole rings is 1. The highest BCUT2D eigenvalue weighted by Crippen LogP contribution is 2.27. The van der Waals surface area contributed by atoms with Crippen molar-refractivity contribution < 1.29 is 9.47 Å². The molecule has 3 aromatic carbocycles. The predicted molar refractivity (Wildman–Crippen MR) is 132 cm³/mol. The lowest BCUT2D eigenvalue weighted by Crippen LogP contribution is -2.10. The van der Waals surface area contributed by atoms with E-state index in [-0.39, 0.29) is 5.41 Å². The molecule has 1 heterocycles. The molecule has 0 amide bonds. The minimum absolute atomic E-state index is 0.160. The van der Waals surface area contributed by atoms with E-state index in [0.717, 1.165) is 53.3 Å². The normalized spacial score (nSPS) is 11.6. The highest BCUT2D eigenvalue weighted by molar-refractivity contribution is 5.80. The van der Waals surface area contributed by atoms with Crippen molar-refractivity contribution in [2.45, 2.75) is 45.6 Å². The smallest absolute Gasteiger partial charge is 0.141 e. The summed E-state index contributed by atoms with van der Waals surface area (Å²) in [4.78, 5) is 4.90. The quantitative estimate of drug-likeness (QED) is 0.287. The molecule has 0 atom stereocenters. The van der Waals surface area contributed by atoms with Gasteiger partial charge in [0.15, 0.2) is 0 Å². The van der Waals surface area contributed by atoms with Crippen LogP contribution in [0.15, 0.2) is 72.8 Å². The van der Waals surface area contributed by atoms with Crippen LogP contribution in [0.2, 0.25) is 0 Å². The number of aromatic nitrogens is 2. The van der Waals surface area contributed by atoms with Crippen LogP contribution in [-0.4, -0.2) is 23.3 Å². The van der Waals surface area contributed by atoms with E-state index in [0.29, 0.717) is 6.61 Å². The van der Waals surface area contributed by atoms with Crippen LogP contribution in [0.1, 0.15) is 39.2 Å². The number of benzene rings is 3. The van der Waals surface area contributed by atoms with Crippen molar-refractivity contribution in [3.05, 3.63) is 78.4 Å². The van der Waals surface area contributed by atoms with E-state index in [1.807, 2.05) is 18.2 Å². The third-order valence-electron chi connectivity index (χ3n) is 5.77. The van der Waals surface area contributed by atoms with Crippen LogP contribution in [0, 0.1) is 0 Å². The first kappa shape index (κ1) is 21.9. The number of hydrogen-bond donors (Lipinski definition) is 0. The molecule has 0 fully saturated rings. The Bertz CT molecular complexity index is 1150. The summed E-state index contributed by atoms with van der Waals surface area (Å²) in [7, 11) is 1.69. The Morgan fingerprint density at radius 2 is 1.50 bits per heavy atom. The molecule has 4 nitrogen and oxygen atoms in total. The summed E-state index contributed by atoms with van der Waals surface area (Å²) < 4.78 is 13.6. The van der Waals surface area contributed by atoms with E-state index >= 15 is 0 Å². The highest BCUT2D eigenvalue weighted by Gasteiger charge is 2.14. The highest BCUT2D eigenvalue weighted by atomic mass is 16.5. The molecular formula is C28H32N2O2. The lowest BCUT2D eigenvalue weighted by atomic mass is 9.87. The molecule has 4 aromatic rings. The van der Waals surface area contributed by atoms with Crippen LogP contribution >= 0.6 is 0 Å². The molecule has 32 heavy (non-hydrogen) atoms. The Morgan fingerprint density at radius 1 is 0.812 bits per heavy atom. The summed E-state index contributed by atoms with van der Waals surface area (Å²) in [5.41, 5.74) is 4.76. The molecule has 0 bridgehead atoms. The Labute approximate surface area is 190 Å². The average molecular weight is 429 g/mol. The zero-order valence-corrected chi connectivity index (χ0v) is 19.5. The molecule has 4 rings (SSSR count). The Kier molecular flexibility index (Phi) is 6.50. The number of aryl methyl sites for hydroxylation is 1. The van der Waals surface area contributed by atoms with Crippen molar-refractivity contribution in [2.24, 2.45) is 0 Å². The number of para-hydroxylation sites is 2. The van der Waals surface area contributed by atoms with Gasteiger partial charge in [0, 0.05) is 12.1 Å². The summed E-state index contributed by atoms with van der Waals surface area (Å²) in [5, 5.41) is 0. The van der Waals surface area contributed by atoms with Gasteiger partial charge in [-0.2, -0.15) is 0 Å². The fourth-order valence-corrected chi connectivity index (χ4v) is 3.88. The zero-order chi connectivity index (χ0) is 22.6. The van der Waals surface area contributed by atoms with Gasteiger partial charge in [-0.3, -0.25) is 0 Å². The van der Waals surface area contributed by atoms with Crippen molar-refractivity contribution in [3.8, 4) is 22.9 Å². The second kappa shape index (κ2) is 9.47. The van der Waals surface area contributed by atoms with Gasteiger partial charge in [0.05, 0.1) is 24.8 Å². The van der Waals surface area contributed by atoms with Crippen molar-refractivity contribution >= 4 is 11.0 Å². The van der Waals surface area contributed by atoms with Gasteiger partial charge in [-0.05, 0) is 72.4 Å². The summed E-state index contributed by atoms with van der Waals surface area (Å²) in [6.45, 7) is 8.28. The Hall–Kier alpha value is -3.27. The Balaban J connectivity index is 1.40. The molecule has 0 saturated carbocycles. The molecule has 0 N–H and O–H groups in total. The molecule has 0 radical (unpaired) electrons. The number of hydrogen-bond acceptors (Lipinski definition) is 3. The third kappa shape index (κ3) is 4.96. The van der Waals surface area contributed by atoms with E-state index < -0.39 is 0 Å². The molecule has 0 saturated heterocycles. The van der Waals surface area contributed by atoms with Crippen LogP contribution in [0.3, 0.4) is 0 Å². The van der Waals surface area contributed by atoms with E-state index in [1.54, 1.807) is 7.11 Å². The fraction of sp³-hybridized carbons (Fsp3) is 0.321. The maximum Gasteiger partial charge on any atom is 0.141 e. The van der Waals surface area contributed by atoms with E-state index in [9.17, 15) is 0 Å². The maximum atomic E-state index is 5.98. The first-order valence-corrected chi connectivity index (χ1v) is 11.3. The van der Waals surface area contributed by atoms with E-state index in [4.69, 9.17) is 14.5 Å². The van der Waals surface area contributed by atoms with Crippen LogP contribution < -0.4 is 9.47 Å². The van der Waals surface area contributed by atoms with E-state index in [2.05, 4.69) is 79.9 Å². The number of methoxy groups -OCH3 is 1. The third-order valence-corrected chi connectivity index (χ3v) is 5.77. The average Bonchev–Trinajstić information content (AvgIpc) is 3.17. The number of nitrogens with zero attached hydrogens (tertiary/aromatic N) is 2. The molecule has 0 aliphatic carbocycles. The number of rotatable bonds is 8. The van der Waals surface area contributed by atoms with Gasteiger partial charge in [0.2, 0.25) is 0 Å². The van der Waals surface area contributed by atoms with Crippen molar-refractivity contribution in [2.75, 3.05) is 13.7 Å². The zero-order valence-electron chi connectivity index (χ0n) is 19.5. The largest absolute Gasteiger partial charge is 0.497 e. The fourth-order valence-electron chi connectivity index (χ4n) is 3.88. The van der Waals surface area contributed by atoms with Crippen LogP contribution in [0.25, 0.3) is 22.4 Å². The monoisotopic (exact) mass is 428 g/mol. The Morgan fingerprint density at radius 3 is 2.19 bits per heavy atom. The molecule has 0 spiro atoms. The van der Waals surface area contributed by atoms with Crippen LogP contribution in [-0.2, 0) is 12.0 Å². The minimum Gasteiger partial charge on any atom is -0.497 e.